The van der Waals surface area contributed by atoms with Crippen molar-refractivity contribution >= 4 is 0 Å². The van der Waals surface area contributed by atoms with Crippen LogP contribution in [0.5, 0.6) is 5.75 Å². The lowest BCUT2D eigenvalue weighted by Gasteiger charge is -2.30. The summed E-state index contributed by atoms with van der Waals surface area (Å²) in [5.74, 6) is 0.843. The van der Waals surface area contributed by atoms with Gasteiger partial charge >= 0.3 is 0 Å². The van der Waals surface area contributed by atoms with Crippen LogP contribution < -0.4 is 4.74 Å². The Kier molecular flexibility index (Phi) is 4.53. The largest absolute Gasteiger partial charge is 0.491 e. The van der Waals surface area contributed by atoms with Crippen molar-refractivity contribution in [2.75, 3.05) is 13.2 Å². The first-order valence-electron chi connectivity index (χ1n) is 7.40. The van der Waals surface area contributed by atoms with Gasteiger partial charge in [0.25, 0.3) is 0 Å². The van der Waals surface area contributed by atoms with E-state index in [4.69, 9.17) is 9.47 Å². The number of hydrogen-bond acceptors (Lipinski definition) is 3. The predicted octanol–water partition coefficient (Wildman–Crippen LogP) is 3.13. The molecule has 0 spiro atoms. The van der Waals surface area contributed by atoms with Crippen molar-refractivity contribution in [1.29, 1.82) is 0 Å². The van der Waals surface area contributed by atoms with Crippen molar-refractivity contribution in [2.24, 2.45) is 0 Å². The van der Waals surface area contributed by atoms with Crippen molar-refractivity contribution in [3.63, 3.8) is 0 Å². The van der Waals surface area contributed by atoms with Gasteiger partial charge in [0.05, 0.1) is 12.7 Å². The Balaban J connectivity index is 1.48. The second-order valence-corrected chi connectivity index (χ2v) is 5.25. The van der Waals surface area contributed by atoms with E-state index in [0.717, 1.165) is 24.2 Å². The zero-order valence-corrected chi connectivity index (χ0v) is 11.9. The Morgan fingerprint density at radius 2 is 1.71 bits per heavy atom. The molecular formula is C18H20O3. The third kappa shape index (κ3) is 3.43. The molecule has 0 fully saturated rings. The van der Waals surface area contributed by atoms with E-state index < -0.39 is 6.10 Å². The summed E-state index contributed by atoms with van der Waals surface area (Å²) < 4.78 is 11.4. The van der Waals surface area contributed by atoms with E-state index in [9.17, 15) is 5.11 Å². The second kappa shape index (κ2) is 6.74. The Bertz CT molecular complexity index is 568. The molecule has 0 saturated carbocycles. The zero-order valence-electron chi connectivity index (χ0n) is 11.9. The minimum Gasteiger partial charge on any atom is -0.491 e. The van der Waals surface area contributed by atoms with E-state index in [1.165, 1.54) is 5.56 Å². The molecule has 110 valence electrons. The molecular weight excluding hydrogens is 264 g/mol. The summed E-state index contributed by atoms with van der Waals surface area (Å²) in [4.78, 5) is 0. The van der Waals surface area contributed by atoms with Crippen molar-refractivity contribution < 1.29 is 14.6 Å². The van der Waals surface area contributed by atoms with Gasteiger partial charge in [-0.3, -0.25) is 0 Å². The molecule has 2 aromatic carbocycles. The topological polar surface area (TPSA) is 38.7 Å². The summed E-state index contributed by atoms with van der Waals surface area (Å²) in [6, 6.07) is 17.7. The van der Waals surface area contributed by atoms with E-state index in [0.29, 0.717) is 13.2 Å². The monoisotopic (exact) mass is 284 g/mol. The molecule has 2 unspecified atom stereocenters. The maximum Gasteiger partial charge on any atom is 0.119 e. The van der Waals surface area contributed by atoms with Gasteiger partial charge in [0.2, 0.25) is 0 Å². The molecule has 0 saturated heterocycles. The summed E-state index contributed by atoms with van der Waals surface area (Å²) in [6.07, 6.45) is 1.13. The average molecular weight is 284 g/mol. The quantitative estimate of drug-likeness (QED) is 0.857. The maximum absolute atomic E-state index is 10.4. The zero-order chi connectivity index (χ0) is 14.5. The SMILES string of the molecule is OC1c2ccccc2CCC1OCCOc1ccccc1. The van der Waals surface area contributed by atoms with Crippen LogP contribution in [0, 0.1) is 0 Å². The Labute approximate surface area is 125 Å². The smallest absolute Gasteiger partial charge is 0.119 e. The summed E-state index contributed by atoms with van der Waals surface area (Å²) in [5, 5.41) is 10.4. The maximum atomic E-state index is 10.4. The molecule has 3 heteroatoms. The predicted molar refractivity (Wildman–Crippen MR) is 81.4 cm³/mol. The van der Waals surface area contributed by atoms with Crippen LogP contribution >= 0.6 is 0 Å². The fraction of sp³-hybridized carbons (Fsp3) is 0.333. The highest BCUT2D eigenvalue weighted by Crippen LogP contribution is 2.31. The lowest BCUT2D eigenvalue weighted by Crippen LogP contribution is -2.29. The lowest BCUT2D eigenvalue weighted by molar-refractivity contribution is -0.0554. The fourth-order valence-corrected chi connectivity index (χ4v) is 2.76. The molecule has 21 heavy (non-hydrogen) atoms. The van der Waals surface area contributed by atoms with E-state index in [2.05, 4.69) is 6.07 Å². The van der Waals surface area contributed by atoms with Crippen LogP contribution in [0.4, 0.5) is 0 Å². The highest BCUT2D eigenvalue weighted by Gasteiger charge is 2.28. The molecule has 3 rings (SSSR count). The van der Waals surface area contributed by atoms with Crippen LogP contribution in [-0.4, -0.2) is 24.4 Å². The van der Waals surface area contributed by atoms with Gasteiger partial charge in [-0.1, -0.05) is 42.5 Å². The van der Waals surface area contributed by atoms with Crippen molar-refractivity contribution in [3.05, 3.63) is 65.7 Å². The number of aliphatic hydroxyl groups is 1. The molecule has 0 radical (unpaired) electrons. The molecule has 2 atom stereocenters. The number of aryl methyl sites for hydroxylation is 1. The van der Waals surface area contributed by atoms with E-state index >= 15 is 0 Å². The van der Waals surface area contributed by atoms with Crippen LogP contribution in [0.1, 0.15) is 23.7 Å². The molecule has 0 bridgehead atoms. The highest BCUT2D eigenvalue weighted by atomic mass is 16.5. The molecule has 0 aromatic heterocycles. The number of para-hydroxylation sites is 1. The van der Waals surface area contributed by atoms with E-state index in [1.807, 2.05) is 48.5 Å². The first-order chi connectivity index (χ1) is 10.3. The number of rotatable bonds is 5. The molecule has 0 heterocycles. The summed E-state index contributed by atoms with van der Waals surface area (Å²) in [7, 11) is 0. The molecule has 1 aliphatic rings. The van der Waals surface area contributed by atoms with Crippen LogP contribution in [0.2, 0.25) is 0 Å². The van der Waals surface area contributed by atoms with Crippen molar-refractivity contribution in [1.82, 2.24) is 0 Å². The standard InChI is InChI=1S/C18H20O3/c19-18-16-9-5-4-6-14(16)10-11-17(18)21-13-12-20-15-7-2-1-3-8-15/h1-9,17-19H,10-13H2. The first-order valence-corrected chi connectivity index (χ1v) is 7.40. The van der Waals surface area contributed by atoms with E-state index in [1.54, 1.807) is 0 Å². The lowest BCUT2D eigenvalue weighted by atomic mass is 9.87. The highest BCUT2D eigenvalue weighted by molar-refractivity contribution is 5.32. The summed E-state index contributed by atoms with van der Waals surface area (Å²) in [6.45, 7) is 0.980. The first kappa shape index (κ1) is 14.1. The molecule has 3 nitrogen and oxygen atoms in total. The molecule has 2 aromatic rings. The third-order valence-corrected chi connectivity index (χ3v) is 3.85. The van der Waals surface area contributed by atoms with Crippen LogP contribution in [-0.2, 0) is 11.2 Å². The van der Waals surface area contributed by atoms with Gasteiger partial charge in [-0.05, 0) is 36.1 Å². The number of hydrogen-bond donors (Lipinski definition) is 1. The van der Waals surface area contributed by atoms with Gasteiger partial charge in [0.1, 0.15) is 18.5 Å². The summed E-state index contributed by atoms with van der Waals surface area (Å²) >= 11 is 0. The number of fused-ring (bicyclic) bond motifs is 1. The third-order valence-electron chi connectivity index (χ3n) is 3.85. The average Bonchev–Trinajstić information content (AvgIpc) is 2.55. The van der Waals surface area contributed by atoms with Gasteiger partial charge in [-0.2, -0.15) is 0 Å². The van der Waals surface area contributed by atoms with Crippen molar-refractivity contribution in [3.8, 4) is 5.75 Å². The minimum atomic E-state index is -0.535. The molecule has 1 aliphatic carbocycles. The van der Waals surface area contributed by atoms with E-state index in [-0.39, 0.29) is 6.10 Å². The van der Waals surface area contributed by atoms with Crippen LogP contribution in [0.25, 0.3) is 0 Å². The van der Waals surface area contributed by atoms with Crippen LogP contribution in [0.15, 0.2) is 54.6 Å². The van der Waals surface area contributed by atoms with Gasteiger partial charge in [-0.15, -0.1) is 0 Å². The molecule has 0 amide bonds. The van der Waals surface area contributed by atoms with Gasteiger partial charge in [-0.25, -0.2) is 0 Å². The number of aliphatic hydroxyl groups excluding tert-OH is 1. The van der Waals surface area contributed by atoms with Gasteiger partial charge in [0, 0.05) is 0 Å². The Hall–Kier alpha value is -1.84. The van der Waals surface area contributed by atoms with Crippen molar-refractivity contribution in [2.45, 2.75) is 25.0 Å². The Morgan fingerprint density at radius 3 is 2.57 bits per heavy atom. The normalized spacial score (nSPS) is 20.8. The minimum absolute atomic E-state index is 0.140. The molecule has 1 N–H and O–H groups in total. The molecule has 0 aliphatic heterocycles. The van der Waals surface area contributed by atoms with Gasteiger partial charge < -0.3 is 14.6 Å². The van der Waals surface area contributed by atoms with Crippen LogP contribution in [0.3, 0.4) is 0 Å². The Morgan fingerprint density at radius 1 is 0.952 bits per heavy atom. The number of benzene rings is 2. The second-order valence-electron chi connectivity index (χ2n) is 5.25. The number of ether oxygens (including phenoxy) is 2. The van der Waals surface area contributed by atoms with Gasteiger partial charge in [0.15, 0.2) is 0 Å². The summed E-state index contributed by atoms with van der Waals surface area (Å²) in [5.41, 5.74) is 2.23. The fourth-order valence-electron chi connectivity index (χ4n) is 2.76.